The molecule has 0 spiro atoms. The van der Waals surface area contributed by atoms with E-state index in [4.69, 9.17) is 4.74 Å². The number of aromatic nitrogens is 1. The zero-order valence-corrected chi connectivity index (χ0v) is 21.5. The van der Waals surface area contributed by atoms with Crippen molar-refractivity contribution in [3.8, 4) is 0 Å². The molecule has 2 fully saturated rings. The first-order chi connectivity index (χ1) is 18.3. The fraction of sp³-hybridized carbons (Fsp3) is 0.407. The first-order valence-corrected chi connectivity index (χ1v) is 13.1. The summed E-state index contributed by atoms with van der Waals surface area (Å²) in [4.78, 5) is 17.5. The lowest BCUT2D eigenvalue weighted by atomic mass is 9.74. The van der Waals surface area contributed by atoms with Gasteiger partial charge in [-0.2, -0.15) is 26.3 Å². The monoisotopic (exact) mass is 569 g/mol. The number of hydrogen-bond acceptors (Lipinski definition) is 5. The molecule has 5 nitrogen and oxygen atoms in total. The van der Waals surface area contributed by atoms with Gasteiger partial charge in [0.15, 0.2) is 0 Å². The number of alkyl halides is 6. The number of fused-ring (bicyclic) bond motifs is 2. The van der Waals surface area contributed by atoms with E-state index in [1.54, 1.807) is 0 Å². The van der Waals surface area contributed by atoms with Gasteiger partial charge in [0.05, 0.1) is 52.5 Å². The fourth-order valence-electron chi connectivity index (χ4n) is 5.56. The lowest BCUT2D eigenvalue weighted by molar-refractivity contribution is -0.143. The molecule has 0 radical (unpaired) electrons. The minimum Gasteiger partial charge on any atom is -0.371 e. The minimum absolute atomic E-state index is 0.101. The maximum absolute atomic E-state index is 13.3. The van der Waals surface area contributed by atoms with E-state index < -0.39 is 47.6 Å². The molecule has 2 bridgehead atoms. The van der Waals surface area contributed by atoms with Gasteiger partial charge in [-0.1, -0.05) is 30.3 Å². The smallest absolute Gasteiger partial charge is 0.371 e. The summed E-state index contributed by atoms with van der Waals surface area (Å²) in [6, 6.07) is 10.4. The van der Waals surface area contributed by atoms with E-state index in [1.165, 1.54) is 11.3 Å². The zero-order chi connectivity index (χ0) is 28.0. The highest BCUT2D eigenvalue weighted by Crippen LogP contribution is 2.50. The van der Waals surface area contributed by atoms with Crippen LogP contribution in [0.1, 0.15) is 45.8 Å². The van der Waals surface area contributed by atoms with E-state index in [1.807, 2.05) is 42.6 Å². The number of aryl methyl sites for hydroxylation is 1. The van der Waals surface area contributed by atoms with E-state index in [0.717, 1.165) is 16.3 Å². The van der Waals surface area contributed by atoms with Crippen LogP contribution in [-0.4, -0.2) is 23.0 Å². The molecular formula is C27H25F6N3O2S. The number of benzene rings is 2. The van der Waals surface area contributed by atoms with Crippen LogP contribution in [0.4, 0.5) is 26.3 Å². The number of carbonyl (C=O) groups is 1. The van der Waals surface area contributed by atoms with E-state index in [2.05, 4.69) is 15.6 Å². The van der Waals surface area contributed by atoms with Crippen molar-refractivity contribution in [3.05, 3.63) is 86.9 Å². The predicted molar refractivity (Wildman–Crippen MR) is 131 cm³/mol. The Hall–Kier alpha value is -2.96. The Labute approximate surface area is 224 Å². The summed E-state index contributed by atoms with van der Waals surface area (Å²) in [5.74, 6) is -0.544. The van der Waals surface area contributed by atoms with Gasteiger partial charge in [0.1, 0.15) is 0 Å². The number of amides is 1. The Morgan fingerprint density at radius 2 is 1.77 bits per heavy atom. The van der Waals surface area contributed by atoms with Gasteiger partial charge in [-0.15, -0.1) is 11.3 Å². The largest absolute Gasteiger partial charge is 0.416 e. The Bertz CT molecular complexity index is 1310. The van der Waals surface area contributed by atoms with Crippen LogP contribution < -0.4 is 10.6 Å². The minimum atomic E-state index is -4.94. The van der Waals surface area contributed by atoms with Gasteiger partial charge in [0.25, 0.3) is 0 Å². The van der Waals surface area contributed by atoms with E-state index in [9.17, 15) is 31.1 Å². The molecule has 2 aliphatic heterocycles. The molecule has 39 heavy (non-hydrogen) atoms. The van der Waals surface area contributed by atoms with Crippen LogP contribution in [-0.2, 0) is 40.6 Å². The Balaban J connectivity index is 1.35. The second-order valence-corrected chi connectivity index (χ2v) is 11.0. The molecule has 3 aromatic rings. The molecule has 12 heteroatoms. The van der Waals surface area contributed by atoms with Crippen molar-refractivity contribution >= 4 is 17.2 Å². The Morgan fingerprint density at radius 3 is 2.36 bits per heavy atom. The molecule has 3 heterocycles. The summed E-state index contributed by atoms with van der Waals surface area (Å²) < 4.78 is 85.9. The molecule has 0 saturated carbocycles. The molecule has 0 aliphatic carbocycles. The van der Waals surface area contributed by atoms with Crippen molar-refractivity contribution in [1.82, 2.24) is 15.6 Å². The molecule has 1 amide bonds. The Morgan fingerprint density at radius 1 is 1.10 bits per heavy atom. The molecule has 1 aromatic heterocycles. The molecular weight excluding hydrogens is 544 g/mol. The fourth-order valence-corrected chi connectivity index (χ4v) is 6.18. The number of nitrogens with one attached hydrogen (secondary N) is 2. The summed E-state index contributed by atoms with van der Waals surface area (Å²) in [5.41, 5.74) is -2.21. The van der Waals surface area contributed by atoms with Crippen LogP contribution in [0.2, 0.25) is 0 Å². The number of halogens is 6. The molecule has 5 rings (SSSR count). The SMILES string of the molecule is Cc1nc(CNC(=O)C2CC3(c4ccccc4)NC2CC3OCc2cc(C(F)(F)F)cc(C(F)(F)F)c2)cs1. The topological polar surface area (TPSA) is 63.2 Å². The van der Waals surface area contributed by atoms with Gasteiger partial charge in [-0.3, -0.25) is 4.79 Å². The lowest BCUT2D eigenvalue weighted by Crippen LogP contribution is -2.45. The maximum atomic E-state index is 13.3. The van der Waals surface area contributed by atoms with Crippen molar-refractivity contribution in [2.24, 2.45) is 5.92 Å². The summed E-state index contributed by atoms with van der Waals surface area (Å²) in [7, 11) is 0. The van der Waals surface area contributed by atoms with E-state index >= 15 is 0 Å². The number of thiazole rings is 1. The highest BCUT2D eigenvalue weighted by Gasteiger charge is 2.59. The van der Waals surface area contributed by atoms with Crippen molar-refractivity contribution in [2.75, 3.05) is 0 Å². The zero-order valence-electron chi connectivity index (χ0n) is 20.7. The van der Waals surface area contributed by atoms with Crippen molar-refractivity contribution in [3.63, 3.8) is 0 Å². The summed E-state index contributed by atoms with van der Waals surface area (Å²) >= 11 is 1.49. The van der Waals surface area contributed by atoms with E-state index in [-0.39, 0.29) is 23.6 Å². The van der Waals surface area contributed by atoms with Crippen LogP contribution in [0.5, 0.6) is 0 Å². The number of hydrogen-bond donors (Lipinski definition) is 2. The van der Waals surface area contributed by atoms with E-state index in [0.29, 0.717) is 31.5 Å². The van der Waals surface area contributed by atoms with Crippen LogP contribution in [0.15, 0.2) is 53.9 Å². The number of ether oxygens (including phenoxy) is 1. The predicted octanol–water partition coefficient (Wildman–Crippen LogP) is 5.97. The van der Waals surface area contributed by atoms with Crippen LogP contribution >= 0.6 is 11.3 Å². The molecule has 2 N–H and O–H groups in total. The molecule has 2 saturated heterocycles. The van der Waals surface area contributed by atoms with Gasteiger partial charge in [-0.25, -0.2) is 4.98 Å². The Kier molecular flexibility index (Phi) is 7.23. The third-order valence-electron chi connectivity index (χ3n) is 7.32. The van der Waals surface area contributed by atoms with Gasteiger partial charge in [0.2, 0.25) is 5.91 Å². The van der Waals surface area contributed by atoms with Crippen molar-refractivity contribution < 1.29 is 35.9 Å². The molecule has 2 aliphatic rings. The van der Waals surface area contributed by atoms with Gasteiger partial charge < -0.3 is 15.4 Å². The molecule has 2 aromatic carbocycles. The summed E-state index contributed by atoms with van der Waals surface area (Å²) in [6.07, 6.45) is -9.71. The summed E-state index contributed by atoms with van der Waals surface area (Å²) in [6.45, 7) is 1.73. The molecule has 208 valence electrons. The second kappa shape index (κ2) is 10.2. The normalized spacial score (nSPS) is 24.7. The van der Waals surface area contributed by atoms with Crippen molar-refractivity contribution in [2.45, 2.75) is 63.0 Å². The maximum Gasteiger partial charge on any atom is 0.416 e. The number of rotatable bonds is 7. The second-order valence-electron chi connectivity index (χ2n) is 9.92. The standard InChI is InChI=1S/C27H25F6N3O2S/c1-15-35-20(14-39-15)12-34-24(37)21-11-25(17-5-3-2-4-6-17)23(10-22(21)36-25)38-13-16-7-18(26(28,29)30)9-19(8-16)27(31,32)33/h2-9,14,21-23,36H,10-13H2,1H3,(H,34,37). The lowest BCUT2D eigenvalue weighted by Gasteiger charge is -2.36. The quantitative estimate of drug-likeness (QED) is 0.345. The average Bonchev–Trinajstić information content (AvgIpc) is 3.59. The van der Waals surface area contributed by atoms with Crippen LogP contribution in [0, 0.1) is 12.8 Å². The molecule has 4 unspecified atom stereocenters. The van der Waals surface area contributed by atoms with Gasteiger partial charge in [0, 0.05) is 11.4 Å². The first kappa shape index (κ1) is 27.6. The van der Waals surface area contributed by atoms with Crippen LogP contribution in [0.3, 0.4) is 0 Å². The molecule has 4 atom stereocenters. The first-order valence-electron chi connectivity index (χ1n) is 12.3. The van der Waals surface area contributed by atoms with Crippen molar-refractivity contribution in [1.29, 1.82) is 0 Å². The van der Waals surface area contributed by atoms with Crippen LogP contribution in [0.25, 0.3) is 0 Å². The van der Waals surface area contributed by atoms with Gasteiger partial charge in [-0.05, 0) is 49.1 Å². The highest BCUT2D eigenvalue weighted by molar-refractivity contribution is 7.09. The third-order valence-corrected chi connectivity index (χ3v) is 8.15. The summed E-state index contributed by atoms with van der Waals surface area (Å²) in [5, 5.41) is 9.19. The number of nitrogens with zero attached hydrogens (tertiary/aromatic N) is 1. The average molecular weight is 570 g/mol. The van der Waals surface area contributed by atoms with Gasteiger partial charge >= 0.3 is 12.4 Å². The highest BCUT2D eigenvalue weighted by atomic mass is 32.1. The third kappa shape index (κ3) is 5.68. The number of carbonyl (C=O) groups excluding carboxylic acids is 1.